The normalized spacial score (nSPS) is 11.3. The lowest BCUT2D eigenvalue weighted by molar-refractivity contribution is -0.130. The maximum Gasteiger partial charge on any atom is 0.261 e. The third-order valence-electron chi connectivity index (χ3n) is 4.13. The molecule has 1 heterocycles. The molecule has 0 aliphatic carbocycles. The molecule has 3 rings (SSSR count). The Morgan fingerprint density at radius 3 is 2.36 bits per heavy atom. The van der Waals surface area contributed by atoms with Gasteiger partial charge in [-0.2, -0.15) is 0 Å². The van der Waals surface area contributed by atoms with Gasteiger partial charge >= 0.3 is 0 Å². The molecule has 0 aliphatic rings. The van der Waals surface area contributed by atoms with Crippen LogP contribution in [-0.4, -0.2) is 22.4 Å². The number of hydrogen-bond acceptors (Lipinski definition) is 4. The minimum atomic E-state index is -1.21. The van der Waals surface area contributed by atoms with E-state index in [9.17, 15) is 9.59 Å². The molecule has 144 valence electrons. The number of benzene rings is 2. The summed E-state index contributed by atoms with van der Waals surface area (Å²) in [5, 5.41) is 3.87. The van der Waals surface area contributed by atoms with Crippen molar-refractivity contribution in [3.63, 3.8) is 0 Å². The first-order valence-electron chi connectivity index (χ1n) is 8.32. The molecule has 0 unspecified atom stereocenters. The van der Waals surface area contributed by atoms with E-state index in [1.807, 2.05) is 0 Å². The van der Waals surface area contributed by atoms with E-state index in [0.29, 0.717) is 22.3 Å². The summed E-state index contributed by atoms with van der Waals surface area (Å²) >= 11 is 12.2. The van der Waals surface area contributed by atoms with E-state index in [1.54, 1.807) is 56.3 Å². The van der Waals surface area contributed by atoms with Gasteiger partial charge in [-0.15, -0.1) is 0 Å². The first kappa shape index (κ1) is 19.9. The van der Waals surface area contributed by atoms with Crippen LogP contribution in [0.5, 0.6) is 5.75 Å². The Morgan fingerprint density at radius 1 is 1.07 bits per heavy atom. The molecule has 2 amide bonds. The largest absolute Gasteiger partial charge is 0.477 e. The van der Waals surface area contributed by atoms with Crippen LogP contribution >= 0.6 is 23.2 Å². The highest BCUT2D eigenvalue weighted by molar-refractivity contribution is 6.40. The number of pyridine rings is 1. The van der Waals surface area contributed by atoms with Crippen LogP contribution in [0.1, 0.15) is 24.2 Å². The molecule has 2 aromatic carbocycles. The van der Waals surface area contributed by atoms with Gasteiger partial charge in [0.2, 0.25) is 0 Å². The molecule has 1 aromatic heterocycles. The molecular formula is C20H17Cl2N3O3. The number of rotatable bonds is 5. The Labute approximate surface area is 171 Å². The SMILES string of the molecule is CC(C)(Oc1ccnc2c(NC(=O)c3c(Cl)cccc3Cl)cccc12)C(N)=O. The Kier molecular flexibility index (Phi) is 5.45. The average molecular weight is 418 g/mol. The Balaban J connectivity index is 2.01. The van der Waals surface area contributed by atoms with Crippen molar-refractivity contribution >= 4 is 51.6 Å². The summed E-state index contributed by atoms with van der Waals surface area (Å²) in [6.07, 6.45) is 1.52. The molecule has 28 heavy (non-hydrogen) atoms. The van der Waals surface area contributed by atoms with Gasteiger partial charge < -0.3 is 15.8 Å². The zero-order chi connectivity index (χ0) is 20.5. The van der Waals surface area contributed by atoms with Crippen LogP contribution in [0.15, 0.2) is 48.7 Å². The van der Waals surface area contributed by atoms with Crippen molar-refractivity contribution in [2.75, 3.05) is 5.32 Å². The van der Waals surface area contributed by atoms with Gasteiger partial charge in [0.25, 0.3) is 11.8 Å². The molecule has 0 fully saturated rings. The summed E-state index contributed by atoms with van der Waals surface area (Å²) in [6, 6.07) is 11.7. The van der Waals surface area contributed by atoms with Crippen LogP contribution in [0, 0.1) is 0 Å². The van der Waals surface area contributed by atoms with Gasteiger partial charge in [-0.1, -0.05) is 35.3 Å². The number of nitrogens with one attached hydrogen (secondary N) is 1. The van der Waals surface area contributed by atoms with Gasteiger partial charge in [-0.25, -0.2) is 0 Å². The van der Waals surface area contributed by atoms with Crippen LogP contribution in [-0.2, 0) is 4.79 Å². The first-order valence-corrected chi connectivity index (χ1v) is 9.08. The van der Waals surface area contributed by atoms with Gasteiger partial charge in [-0.05, 0) is 44.2 Å². The number of aromatic nitrogens is 1. The molecular weight excluding hydrogens is 401 g/mol. The second kappa shape index (κ2) is 7.66. The van der Waals surface area contributed by atoms with Crippen molar-refractivity contribution < 1.29 is 14.3 Å². The number of anilines is 1. The fraction of sp³-hybridized carbons (Fsp3) is 0.150. The number of halogens is 2. The number of amides is 2. The summed E-state index contributed by atoms with van der Waals surface area (Å²) in [4.78, 5) is 28.6. The molecule has 3 N–H and O–H groups in total. The fourth-order valence-corrected chi connectivity index (χ4v) is 3.13. The Bertz CT molecular complexity index is 1060. The van der Waals surface area contributed by atoms with Crippen molar-refractivity contribution in [3.05, 3.63) is 64.3 Å². The molecule has 0 saturated carbocycles. The zero-order valence-corrected chi connectivity index (χ0v) is 16.6. The van der Waals surface area contributed by atoms with E-state index >= 15 is 0 Å². The molecule has 6 nitrogen and oxygen atoms in total. The number of nitrogens with zero attached hydrogens (tertiary/aromatic N) is 1. The molecule has 3 aromatic rings. The van der Waals surface area contributed by atoms with Crippen LogP contribution in [0.4, 0.5) is 5.69 Å². The minimum absolute atomic E-state index is 0.171. The predicted molar refractivity (Wildman–Crippen MR) is 110 cm³/mol. The van der Waals surface area contributed by atoms with Gasteiger partial charge in [0, 0.05) is 11.6 Å². The van der Waals surface area contributed by atoms with E-state index in [1.165, 1.54) is 6.20 Å². The molecule has 0 aliphatic heterocycles. The number of ether oxygens (including phenoxy) is 1. The molecule has 0 radical (unpaired) electrons. The maximum absolute atomic E-state index is 12.7. The molecule has 0 spiro atoms. The van der Waals surface area contributed by atoms with E-state index in [4.69, 9.17) is 33.7 Å². The zero-order valence-electron chi connectivity index (χ0n) is 15.1. The summed E-state index contributed by atoms with van der Waals surface area (Å²) in [6.45, 7) is 3.15. The second-order valence-electron chi connectivity index (χ2n) is 6.54. The van der Waals surface area contributed by atoms with Crippen molar-refractivity contribution in [2.24, 2.45) is 5.73 Å². The summed E-state index contributed by atoms with van der Waals surface area (Å²) in [5.74, 6) is -0.648. The van der Waals surface area contributed by atoms with Crippen LogP contribution in [0.2, 0.25) is 10.0 Å². The number of nitrogens with two attached hydrogens (primary N) is 1. The quantitative estimate of drug-likeness (QED) is 0.641. The second-order valence-corrected chi connectivity index (χ2v) is 7.35. The van der Waals surface area contributed by atoms with Crippen LogP contribution in [0.3, 0.4) is 0 Å². The van der Waals surface area contributed by atoms with Gasteiger partial charge in [-0.3, -0.25) is 14.6 Å². The van der Waals surface area contributed by atoms with Gasteiger partial charge in [0.05, 0.1) is 26.8 Å². The summed E-state index contributed by atoms with van der Waals surface area (Å²) in [5.41, 5.74) is 5.28. The lowest BCUT2D eigenvalue weighted by Gasteiger charge is -2.23. The molecule has 0 saturated heterocycles. The smallest absolute Gasteiger partial charge is 0.261 e. The minimum Gasteiger partial charge on any atom is -0.477 e. The number of hydrogen-bond donors (Lipinski definition) is 2. The van der Waals surface area contributed by atoms with Crippen molar-refractivity contribution in [1.82, 2.24) is 4.98 Å². The Morgan fingerprint density at radius 2 is 1.71 bits per heavy atom. The number of carbonyl (C=O) groups is 2. The lowest BCUT2D eigenvalue weighted by Crippen LogP contribution is -2.43. The molecule has 0 atom stereocenters. The molecule has 8 heteroatoms. The van der Waals surface area contributed by atoms with Crippen molar-refractivity contribution in [3.8, 4) is 5.75 Å². The van der Waals surface area contributed by atoms with Gasteiger partial charge in [0.15, 0.2) is 5.60 Å². The van der Waals surface area contributed by atoms with E-state index in [-0.39, 0.29) is 15.6 Å². The number of fused-ring (bicyclic) bond motifs is 1. The van der Waals surface area contributed by atoms with Crippen LogP contribution < -0.4 is 15.8 Å². The number of para-hydroxylation sites is 1. The highest BCUT2D eigenvalue weighted by Crippen LogP contribution is 2.32. The summed E-state index contributed by atoms with van der Waals surface area (Å²) < 4.78 is 5.79. The van der Waals surface area contributed by atoms with E-state index in [2.05, 4.69) is 10.3 Å². The Hall–Kier alpha value is -2.83. The third-order valence-corrected chi connectivity index (χ3v) is 4.76. The lowest BCUT2D eigenvalue weighted by atomic mass is 10.1. The topological polar surface area (TPSA) is 94.3 Å². The van der Waals surface area contributed by atoms with Gasteiger partial charge in [0.1, 0.15) is 5.75 Å². The number of primary amides is 1. The predicted octanol–water partition coefficient (Wildman–Crippen LogP) is 4.44. The molecule has 0 bridgehead atoms. The van der Waals surface area contributed by atoms with E-state index < -0.39 is 17.4 Å². The monoisotopic (exact) mass is 417 g/mol. The fourth-order valence-electron chi connectivity index (χ4n) is 2.57. The third kappa shape index (κ3) is 3.88. The van der Waals surface area contributed by atoms with Crippen molar-refractivity contribution in [1.29, 1.82) is 0 Å². The van der Waals surface area contributed by atoms with Crippen LogP contribution in [0.25, 0.3) is 10.9 Å². The first-order chi connectivity index (χ1) is 13.2. The highest BCUT2D eigenvalue weighted by Gasteiger charge is 2.28. The highest BCUT2D eigenvalue weighted by atomic mass is 35.5. The summed E-state index contributed by atoms with van der Waals surface area (Å²) in [7, 11) is 0. The average Bonchev–Trinajstić information content (AvgIpc) is 2.62. The van der Waals surface area contributed by atoms with E-state index in [0.717, 1.165) is 0 Å². The maximum atomic E-state index is 12.7. The standard InChI is InChI=1S/C20H17Cl2N3O3/c1-20(2,19(23)27)28-15-9-10-24-17-11(15)5-3-8-14(17)25-18(26)16-12(21)6-4-7-13(16)22/h3-10H,1-2H3,(H2,23,27)(H,25,26). The van der Waals surface area contributed by atoms with Crippen molar-refractivity contribution in [2.45, 2.75) is 19.4 Å². The number of carbonyl (C=O) groups excluding carboxylic acids is 2.